The van der Waals surface area contributed by atoms with E-state index < -0.39 is 0 Å². The molecule has 0 bridgehead atoms. The Morgan fingerprint density at radius 1 is 1.25 bits per heavy atom. The molecule has 2 amide bonds. The normalized spacial score (nSPS) is 13.7. The van der Waals surface area contributed by atoms with Gasteiger partial charge in [0, 0.05) is 18.8 Å². The molecule has 166 valence electrons. The molecule has 32 heavy (non-hydrogen) atoms. The average molecular weight is 471 g/mol. The number of hydrogen-bond donors (Lipinski definition) is 2. The van der Waals surface area contributed by atoms with Crippen LogP contribution in [0.25, 0.3) is 5.69 Å². The molecule has 8 nitrogen and oxygen atoms in total. The second kappa shape index (κ2) is 10.1. The number of carbonyl (C=O) groups is 2. The standard InChI is InChI=1S/C22H23ClN6O2S/c1-2-15-5-3-4-6-18(15)29-14-25-27-22(29)32-13-21(31)26-16-7-8-19(17(23)11-16)28-10-9-24-20(30)12-28/h3-8,11,14H,2,9-10,12-13H2,1H3,(H,24,30)(H,26,31). The van der Waals surface area contributed by atoms with E-state index in [0.29, 0.717) is 29.0 Å². The molecule has 1 aliphatic heterocycles. The fourth-order valence-electron chi connectivity index (χ4n) is 3.55. The number of carbonyl (C=O) groups excluding carboxylic acids is 2. The molecule has 10 heteroatoms. The largest absolute Gasteiger partial charge is 0.359 e. The molecule has 0 aliphatic carbocycles. The second-order valence-electron chi connectivity index (χ2n) is 7.24. The van der Waals surface area contributed by atoms with Crippen LogP contribution in [-0.4, -0.2) is 52.0 Å². The van der Waals surface area contributed by atoms with Crippen molar-refractivity contribution in [2.45, 2.75) is 18.5 Å². The minimum absolute atomic E-state index is 0.0314. The van der Waals surface area contributed by atoms with Crippen molar-refractivity contribution in [2.75, 3.05) is 35.6 Å². The van der Waals surface area contributed by atoms with E-state index in [1.165, 1.54) is 17.3 Å². The first-order valence-corrected chi connectivity index (χ1v) is 11.6. The molecule has 0 spiro atoms. The van der Waals surface area contributed by atoms with Crippen molar-refractivity contribution in [1.29, 1.82) is 0 Å². The number of hydrogen-bond acceptors (Lipinski definition) is 6. The van der Waals surface area contributed by atoms with Gasteiger partial charge in [0.15, 0.2) is 5.16 Å². The van der Waals surface area contributed by atoms with Gasteiger partial charge >= 0.3 is 0 Å². The Hall–Kier alpha value is -3.04. The van der Waals surface area contributed by atoms with Gasteiger partial charge in [0.2, 0.25) is 11.8 Å². The van der Waals surface area contributed by atoms with Crippen molar-refractivity contribution in [2.24, 2.45) is 0 Å². The summed E-state index contributed by atoms with van der Waals surface area (Å²) in [7, 11) is 0. The van der Waals surface area contributed by atoms with Gasteiger partial charge in [0.25, 0.3) is 0 Å². The van der Waals surface area contributed by atoms with E-state index in [-0.39, 0.29) is 24.1 Å². The number of benzene rings is 2. The molecule has 0 atom stereocenters. The number of anilines is 2. The number of nitrogens with zero attached hydrogens (tertiary/aromatic N) is 4. The Morgan fingerprint density at radius 2 is 2.09 bits per heavy atom. The Balaban J connectivity index is 1.39. The maximum absolute atomic E-state index is 12.5. The van der Waals surface area contributed by atoms with Gasteiger partial charge in [-0.25, -0.2) is 0 Å². The van der Waals surface area contributed by atoms with Crippen LogP contribution in [0.4, 0.5) is 11.4 Å². The van der Waals surface area contributed by atoms with Crippen LogP contribution in [0.15, 0.2) is 53.9 Å². The first kappa shape index (κ1) is 22.2. The highest BCUT2D eigenvalue weighted by Crippen LogP contribution is 2.29. The topological polar surface area (TPSA) is 92.2 Å². The van der Waals surface area contributed by atoms with Crippen LogP contribution in [0.5, 0.6) is 0 Å². The molecule has 3 aromatic rings. The minimum atomic E-state index is -0.172. The molecule has 2 aromatic carbocycles. The monoisotopic (exact) mass is 470 g/mol. The summed E-state index contributed by atoms with van der Waals surface area (Å²) >= 11 is 7.73. The van der Waals surface area contributed by atoms with Gasteiger partial charge in [-0.1, -0.05) is 48.5 Å². The third-order valence-electron chi connectivity index (χ3n) is 5.09. The summed E-state index contributed by atoms with van der Waals surface area (Å²) in [5, 5.41) is 15.0. The maximum atomic E-state index is 12.5. The van der Waals surface area contributed by atoms with E-state index >= 15 is 0 Å². The Kier molecular flexibility index (Phi) is 6.96. The van der Waals surface area contributed by atoms with Gasteiger partial charge in [-0.2, -0.15) is 0 Å². The van der Waals surface area contributed by atoms with E-state index in [1.807, 2.05) is 33.7 Å². The third kappa shape index (κ3) is 5.05. The SMILES string of the molecule is CCc1ccccc1-n1cnnc1SCC(=O)Nc1ccc(N2CCNC(=O)C2)c(Cl)c1. The molecule has 2 N–H and O–H groups in total. The molecular formula is C22H23ClN6O2S. The number of aromatic nitrogens is 3. The van der Waals surface area contributed by atoms with Gasteiger partial charge in [-0.3, -0.25) is 14.2 Å². The van der Waals surface area contributed by atoms with Gasteiger partial charge < -0.3 is 15.5 Å². The predicted octanol–water partition coefficient (Wildman–Crippen LogP) is 3.15. The first-order valence-electron chi connectivity index (χ1n) is 10.3. The lowest BCUT2D eigenvalue weighted by molar-refractivity contribution is -0.120. The second-order valence-corrected chi connectivity index (χ2v) is 8.59. The third-order valence-corrected chi connectivity index (χ3v) is 6.34. The van der Waals surface area contributed by atoms with Crippen LogP contribution in [0, 0.1) is 0 Å². The minimum Gasteiger partial charge on any atom is -0.359 e. The first-order chi connectivity index (χ1) is 15.5. The van der Waals surface area contributed by atoms with Crippen LogP contribution in [0.1, 0.15) is 12.5 Å². The predicted molar refractivity (Wildman–Crippen MR) is 127 cm³/mol. The number of thioether (sulfide) groups is 1. The van der Waals surface area contributed by atoms with Crippen molar-refractivity contribution >= 4 is 46.6 Å². The number of amides is 2. The lowest BCUT2D eigenvalue weighted by atomic mass is 10.1. The van der Waals surface area contributed by atoms with Crippen molar-refractivity contribution in [3.05, 3.63) is 59.4 Å². The number of piperazine rings is 1. The van der Waals surface area contributed by atoms with E-state index in [1.54, 1.807) is 18.5 Å². The summed E-state index contributed by atoms with van der Waals surface area (Å²) < 4.78 is 1.90. The average Bonchev–Trinajstić information content (AvgIpc) is 3.26. The molecule has 1 aromatic heterocycles. The maximum Gasteiger partial charge on any atom is 0.239 e. The smallest absolute Gasteiger partial charge is 0.239 e. The summed E-state index contributed by atoms with van der Waals surface area (Å²) in [5.41, 5.74) is 3.57. The van der Waals surface area contributed by atoms with Crippen molar-refractivity contribution < 1.29 is 9.59 Å². The number of halogens is 1. The van der Waals surface area contributed by atoms with Crippen molar-refractivity contribution in [3.63, 3.8) is 0 Å². The number of rotatable bonds is 7. The van der Waals surface area contributed by atoms with Crippen LogP contribution in [-0.2, 0) is 16.0 Å². The van der Waals surface area contributed by atoms with Gasteiger partial charge in [0.05, 0.1) is 28.7 Å². The van der Waals surface area contributed by atoms with E-state index in [2.05, 4.69) is 33.8 Å². The highest BCUT2D eigenvalue weighted by atomic mass is 35.5. The van der Waals surface area contributed by atoms with Crippen LogP contribution >= 0.6 is 23.4 Å². The molecule has 1 fully saturated rings. The van der Waals surface area contributed by atoms with Crippen molar-refractivity contribution in [3.8, 4) is 5.69 Å². The summed E-state index contributed by atoms with van der Waals surface area (Å²) in [6.45, 7) is 3.64. The summed E-state index contributed by atoms with van der Waals surface area (Å²) in [4.78, 5) is 26.1. The summed E-state index contributed by atoms with van der Waals surface area (Å²) in [6, 6.07) is 13.4. The number of para-hydroxylation sites is 1. The fraction of sp³-hybridized carbons (Fsp3) is 0.273. The quantitative estimate of drug-likeness (QED) is 0.515. The zero-order valence-corrected chi connectivity index (χ0v) is 19.1. The summed E-state index contributed by atoms with van der Waals surface area (Å²) in [5.74, 6) is -0.0239. The molecule has 4 rings (SSSR count). The molecule has 1 saturated heterocycles. The van der Waals surface area contributed by atoms with Crippen LogP contribution in [0.3, 0.4) is 0 Å². The Labute approximate surface area is 195 Å². The van der Waals surface area contributed by atoms with Gasteiger partial charge in [0.1, 0.15) is 6.33 Å². The molecular weight excluding hydrogens is 448 g/mol. The van der Waals surface area contributed by atoms with E-state index in [4.69, 9.17) is 11.6 Å². The zero-order valence-electron chi connectivity index (χ0n) is 17.5. The number of nitrogens with one attached hydrogen (secondary N) is 2. The zero-order chi connectivity index (χ0) is 22.5. The van der Waals surface area contributed by atoms with Crippen molar-refractivity contribution in [1.82, 2.24) is 20.1 Å². The van der Waals surface area contributed by atoms with Gasteiger partial charge in [-0.05, 0) is 36.2 Å². The molecule has 0 saturated carbocycles. The van der Waals surface area contributed by atoms with Crippen LogP contribution < -0.4 is 15.5 Å². The fourth-order valence-corrected chi connectivity index (χ4v) is 4.57. The van der Waals surface area contributed by atoms with E-state index in [9.17, 15) is 9.59 Å². The molecule has 1 aliphatic rings. The Bertz CT molecular complexity index is 1140. The lowest BCUT2D eigenvalue weighted by Crippen LogP contribution is -2.47. The lowest BCUT2D eigenvalue weighted by Gasteiger charge is -2.29. The van der Waals surface area contributed by atoms with E-state index in [0.717, 1.165) is 17.8 Å². The summed E-state index contributed by atoms with van der Waals surface area (Å²) in [6.07, 6.45) is 2.55. The van der Waals surface area contributed by atoms with Crippen LogP contribution in [0.2, 0.25) is 5.02 Å². The highest BCUT2D eigenvalue weighted by molar-refractivity contribution is 7.99. The highest BCUT2D eigenvalue weighted by Gasteiger charge is 2.19. The molecule has 2 heterocycles. The molecule has 0 radical (unpaired) electrons. The number of aryl methyl sites for hydroxylation is 1. The Morgan fingerprint density at radius 3 is 2.88 bits per heavy atom. The molecule has 0 unspecified atom stereocenters. The van der Waals surface area contributed by atoms with Gasteiger partial charge in [-0.15, -0.1) is 10.2 Å².